The quantitative estimate of drug-likeness (QED) is 0.894. The molecule has 0 spiro atoms. The molecule has 2 N–H and O–H groups in total. The predicted molar refractivity (Wildman–Crippen MR) is 66.2 cm³/mol. The van der Waals surface area contributed by atoms with Gasteiger partial charge in [0.25, 0.3) is 0 Å². The maximum atomic E-state index is 12.5. The number of nitrogens with zero attached hydrogens (tertiary/aromatic N) is 3. The lowest BCUT2D eigenvalue weighted by Crippen LogP contribution is -2.35. The first-order valence-corrected chi connectivity index (χ1v) is 5.83. The van der Waals surface area contributed by atoms with Crippen molar-refractivity contribution in [1.82, 2.24) is 9.97 Å². The third-order valence-electron chi connectivity index (χ3n) is 2.23. The molecule has 0 bridgehead atoms. The first-order valence-electron chi connectivity index (χ1n) is 5.83. The first-order chi connectivity index (χ1) is 8.74. The molecule has 1 rings (SSSR count). The van der Waals surface area contributed by atoms with E-state index < -0.39 is 12.7 Å². The lowest BCUT2D eigenvalue weighted by molar-refractivity contribution is -0.119. The van der Waals surface area contributed by atoms with E-state index in [-0.39, 0.29) is 30.0 Å². The Balaban J connectivity index is 3.04. The first kappa shape index (κ1) is 15.3. The molecule has 1 aromatic heterocycles. The Bertz CT molecular complexity index is 423. The van der Waals surface area contributed by atoms with E-state index in [4.69, 9.17) is 10.5 Å². The Hall–Kier alpha value is -1.73. The van der Waals surface area contributed by atoms with Crippen molar-refractivity contribution in [3.63, 3.8) is 0 Å². The number of nitrogen functional groups attached to an aromatic ring is 1. The van der Waals surface area contributed by atoms with E-state index in [0.717, 1.165) is 11.2 Å². The summed E-state index contributed by atoms with van der Waals surface area (Å²) >= 11 is 0. The van der Waals surface area contributed by atoms with E-state index >= 15 is 0 Å². The van der Waals surface area contributed by atoms with Crippen LogP contribution in [0.2, 0.25) is 0 Å². The van der Waals surface area contributed by atoms with Gasteiger partial charge in [0.15, 0.2) is 5.82 Å². The smallest absolute Gasteiger partial charge is 0.405 e. The Labute approximate surface area is 109 Å². The second-order valence-corrected chi connectivity index (χ2v) is 4.21. The summed E-state index contributed by atoms with van der Waals surface area (Å²) in [6, 6.07) is 0. The summed E-state index contributed by atoms with van der Waals surface area (Å²) in [5.74, 6) is 0.131. The van der Waals surface area contributed by atoms with Gasteiger partial charge in [-0.2, -0.15) is 18.2 Å². The van der Waals surface area contributed by atoms with E-state index in [2.05, 4.69) is 9.97 Å². The number of aromatic nitrogens is 2. The van der Waals surface area contributed by atoms with Gasteiger partial charge in [-0.1, -0.05) is 0 Å². The van der Waals surface area contributed by atoms with Crippen LogP contribution in [0.5, 0.6) is 5.88 Å². The standard InChI is InChI=1S/C11H17F3N4O/c1-4-18(5-11(12,13)14)9-8(15)10(17-6-16-9)19-7(2)3/h6-7H,4-5,15H2,1-3H3. The summed E-state index contributed by atoms with van der Waals surface area (Å²) in [5, 5.41) is 0. The molecule has 0 aromatic carbocycles. The molecular weight excluding hydrogens is 261 g/mol. The summed E-state index contributed by atoms with van der Waals surface area (Å²) in [6.07, 6.45) is -3.36. The molecule has 1 heterocycles. The van der Waals surface area contributed by atoms with Crippen molar-refractivity contribution >= 4 is 11.5 Å². The molecule has 19 heavy (non-hydrogen) atoms. The van der Waals surface area contributed by atoms with Gasteiger partial charge in [-0.05, 0) is 20.8 Å². The van der Waals surface area contributed by atoms with E-state index in [9.17, 15) is 13.2 Å². The fraction of sp³-hybridized carbons (Fsp3) is 0.636. The third kappa shape index (κ3) is 4.46. The molecule has 0 saturated carbocycles. The predicted octanol–water partition coefficient (Wildman–Crippen LogP) is 2.23. The molecule has 108 valence electrons. The van der Waals surface area contributed by atoms with Gasteiger partial charge < -0.3 is 15.4 Å². The number of hydrogen-bond acceptors (Lipinski definition) is 5. The highest BCUT2D eigenvalue weighted by atomic mass is 19.4. The van der Waals surface area contributed by atoms with E-state index in [1.807, 2.05) is 0 Å². The summed E-state index contributed by atoms with van der Waals surface area (Å²) in [5.41, 5.74) is 5.78. The van der Waals surface area contributed by atoms with Crippen LogP contribution in [0.3, 0.4) is 0 Å². The zero-order valence-electron chi connectivity index (χ0n) is 11.0. The van der Waals surface area contributed by atoms with Crippen molar-refractivity contribution in [3.05, 3.63) is 6.33 Å². The summed E-state index contributed by atoms with van der Waals surface area (Å²) < 4.78 is 42.7. The zero-order chi connectivity index (χ0) is 14.6. The van der Waals surface area contributed by atoms with Crippen LogP contribution in [0.25, 0.3) is 0 Å². The molecule has 0 aliphatic carbocycles. The number of alkyl halides is 3. The summed E-state index contributed by atoms with van der Waals surface area (Å²) in [4.78, 5) is 8.67. The van der Waals surface area contributed by atoms with Crippen molar-refractivity contribution < 1.29 is 17.9 Å². The number of anilines is 2. The Morgan fingerprint density at radius 1 is 1.37 bits per heavy atom. The van der Waals surface area contributed by atoms with Gasteiger partial charge in [-0.15, -0.1) is 0 Å². The highest BCUT2D eigenvalue weighted by molar-refractivity contribution is 5.67. The van der Waals surface area contributed by atoms with Crippen LogP contribution in [-0.2, 0) is 0 Å². The Kier molecular flexibility index (Phi) is 4.79. The van der Waals surface area contributed by atoms with Crippen LogP contribution in [0.1, 0.15) is 20.8 Å². The van der Waals surface area contributed by atoms with Gasteiger partial charge in [-0.3, -0.25) is 0 Å². The average Bonchev–Trinajstić information content (AvgIpc) is 2.27. The van der Waals surface area contributed by atoms with Crippen molar-refractivity contribution in [2.45, 2.75) is 33.1 Å². The Morgan fingerprint density at radius 2 is 2.00 bits per heavy atom. The van der Waals surface area contributed by atoms with Crippen LogP contribution in [-0.4, -0.2) is 35.3 Å². The monoisotopic (exact) mass is 278 g/mol. The topological polar surface area (TPSA) is 64.3 Å². The second-order valence-electron chi connectivity index (χ2n) is 4.21. The molecule has 0 atom stereocenters. The third-order valence-corrected chi connectivity index (χ3v) is 2.23. The van der Waals surface area contributed by atoms with Gasteiger partial charge in [0.1, 0.15) is 18.6 Å². The maximum Gasteiger partial charge on any atom is 0.405 e. The van der Waals surface area contributed by atoms with E-state index in [0.29, 0.717) is 0 Å². The van der Waals surface area contributed by atoms with Gasteiger partial charge in [0, 0.05) is 6.54 Å². The van der Waals surface area contributed by atoms with Gasteiger partial charge in [0.2, 0.25) is 5.88 Å². The molecule has 0 fully saturated rings. The van der Waals surface area contributed by atoms with Crippen LogP contribution >= 0.6 is 0 Å². The highest BCUT2D eigenvalue weighted by Gasteiger charge is 2.32. The summed E-state index contributed by atoms with van der Waals surface area (Å²) in [6.45, 7) is 4.15. The van der Waals surface area contributed by atoms with E-state index in [1.54, 1.807) is 20.8 Å². The van der Waals surface area contributed by atoms with Crippen LogP contribution < -0.4 is 15.4 Å². The fourth-order valence-corrected chi connectivity index (χ4v) is 1.49. The minimum atomic E-state index is -4.33. The molecule has 0 unspecified atom stereocenters. The molecule has 0 aliphatic rings. The molecule has 0 aliphatic heterocycles. The number of halogens is 3. The normalized spacial score (nSPS) is 11.7. The number of hydrogen-bond donors (Lipinski definition) is 1. The number of ether oxygens (including phenoxy) is 1. The summed E-state index contributed by atoms with van der Waals surface area (Å²) in [7, 11) is 0. The van der Waals surface area contributed by atoms with Crippen LogP contribution in [0.4, 0.5) is 24.7 Å². The van der Waals surface area contributed by atoms with Gasteiger partial charge in [-0.25, -0.2) is 4.98 Å². The molecule has 1 aromatic rings. The SMILES string of the molecule is CCN(CC(F)(F)F)c1ncnc(OC(C)C)c1N. The average molecular weight is 278 g/mol. The number of rotatable bonds is 5. The lowest BCUT2D eigenvalue weighted by Gasteiger charge is -2.25. The maximum absolute atomic E-state index is 12.5. The molecule has 0 saturated heterocycles. The largest absolute Gasteiger partial charge is 0.473 e. The van der Waals surface area contributed by atoms with Crippen molar-refractivity contribution in [3.8, 4) is 5.88 Å². The second kappa shape index (κ2) is 5.94. The number of nitrogens with two attached hydrogens (primary N) is 1. The minimum absolute atomic E-state index is 0.0160. The highest BCUT2D eigenvalue weighted by Crippen LogP contribution is 2.30. The lowest BCUT2D eigenvalue weighted by atomic mass is 10.3. The minimum Gasteiger partial charge on any atom is -0.473 e. The Morgan fingerprint density at radius 3 is 2.47 bits per heavy atom. The van der Waals surface area contributed by atoms with Crippen LogP contribution in [0.15, 0.2) is 6.33 Å². The van der Waals surface area contributed by atoms with Crippen molar-refractivity contribution in [2.24, 2.45) is 0 Å². The molecule has 0 amide bonds. The molecule has 5 nitrogen and oxygen atoms in total. The fourth-order valence-electron chi connectivity index (χ4n) is 1.49. The van der Waals surface area contributed by atoms with Crippen molar-refractivity contribution in [2.75, 3.05) is 23.7 Å². The van der Waals surface area contributed by atoms with E-state index in [1.165, 1.54) is 0 Å². The van der Waals surface area contributed by atoms with Gasteiger partial charge in [0.05, 0.1) is 6.10 Å². The molecule has 0 radical (unpaired) electrons. The van der Waals surface area contributed by atoms with Crippen LogP contribution in [0, 0.1) is 0 Å². The van der Waals surface area contributed by atoms with Crippen molar-refractivity contribution in [1.29, 1.82) is 0 Å². The van der Waals surface area contributed by atoms with Gasteiger partial charge >= 0.3 is 6.18 Å². The molecular formula is C11H17F3N4O. The molecule has 8 heteroatoms. The zero-order valence-corrected chi connectivity index (χ0v) is 11.0.